The Morgan fingerprint density at radius 3 is 2.68 bits per heavy atom. The second-order valence-electron chi connectivity index (χ2n) is 8.12. The third-order valence-corrected chi connectivity index (χ3v) is 5.73. The monoisotopic (exact) mass is 460 g/mol. The van der Waals surface area contributed by atoms with Crippen LogP contribution < -0.4 is 21.1 Å². The number of oxazole rings is 1. The number of aromatic nitrogens is 3. The molecule has 4 aromatic rings. The van der Waals surface area contributed by atoms with Crippen LogP contribution in [0.25, 0.3) is 11.1 Å². The van der Waals surface area contributed by atoms with E-state index in [2.05, 4.69) is 25.6 Å². The van der Waals surface area contributed by atoms with E-state index >= 15 is 0 Å². The molecule has 3 heterocycles. The van der Waals surface area contributed by atoms with Gasteiger partial charge in [0.15, 0.2) is 5.58 Å². The van der Waals surface area contributed by atoms with Crippen LogP contribution in [0.4, 0.5) is 23.1 Å². The minimum atomic E-state index is -0.500. The van der Waals surface area contributed by atoms with Crippen molar-refractivity contribution in [3.05, 3.63) is 64.3 Å². The SMILES string of the molecule is COc1cc(Nc2ncc(C)c(Nc3ccc4oc(=O)[nH]c4c3)n2)ccc1C(=O)N1CCCC1. The molecule has 0 spiro atoms. The molecule has 0 saturated carbocycles. The minimum Gasteiger partial charge on any atom is -0.496 e. The summed E-state index contributed by atoms with van der Waals surface area (Å²) in [4.78, 5) is 37.6. The van der Waals surface area contributed by atoms with Gasteiger partial charge in [-0.1, -0.05) is 0 Å². The van der Waals surface area contributed by atoms with E-state index in [1.54, 1.807) is 43.6 Å². The van der Waals surface area contributed by atoms with E-state index in [9.17, 15) is 9.59 Å². The lowest BCUT2D eigenvalue weighted by molar-refractivity contribution is 0.0789. The Labute approximate surface area is 195 Å². The summed E-state index contributed by atoms with van der Waals surface area (Å²) in [7, 11) is 1.55. The molecular weight excluding hydrogens is 436 g/mol. The van der Waals surface area contributed by atoms with Gasteiger partial charge < -0.3 is 24.7 Å². The molecule has 5 rings (SSSR count). The molecule has 10 heteroatoms. The molecule has 0 aliphatic carbocycles. The number of aryl methyl sites for hydroxylation is 1. The predicted octanol–water partition coefficient (Wildman–Crippen LogP) is 3.95. The number of carbonyl (C=O) groups is 1. The number of likely N-dealkylation sites (tertiary alicyclic amines) is 1. The van der Waals surface area contributed by atoms with Crippen LogP contribution in [-0.4, -0.2) is 46.0 Å². The lowest BCUT2D eigenvalue weighted by atomic mass is 10.1. The number of H-pyrrole nitrogens is 1. The van der Waals surface area contributed by atoms with Gasteiger partial charge in [-0.2, -0.15) is 4.98 Å². The number of anilines is 4. The van der Waals surface area contributed by atoms with E-state index in [1.165, 1.54) is 0 Å². The average molecular weight is 460 g/mol. The first kappa shape index (κ1) is 21.5. The van der Waals surface area contributed by atoms with Gasteiger partial charge in [-0.05, 0) is 50.1 Å². The average Bonchev–Trinajstić information content (AvgIpc) is 3.49. The van der Waals surface area contributed by atoms with Crippen LogP contribution in [0.3, 0.4) is 0 Å². The van der Waals surface area contributed by atoms with Crippen LogP contribution in [0.1, 0.15) is 28.8 Å². The van der Waals surface area contributed by atoms with Crippen LogP contribution >= 0.6 is 0 Å². The molecule has 2 aromatic carbocycles. The van der Waals surface area contributed by atoms with Gasteiger partial charge in [0.2, 0.25) is 5.95 Å². The van der Waals surface area contributed by atoms with Gasteiger partial charge in [-0.15, -0.1) is 0 Å². The maximum absolute atomic E-state index is 12.8. The highest BCUT2D eigenvalue weighted by molar-refractivity contribution is 5.97. The minimum absolute atomic E-state index is 0.0186. The smallest absolute Gasteiger partial charge is 0.417 e. The maximum atomic E-state index is 12.8. The number of hydrogen-bond donors (Lipinski definition) is 3. The Morgan fingerprint density at radius 2 is 1.88 bits per heavy atom. The van der Waals surface area contributed by atoms with Gasteiger partial charge in [0.05, 0.1) is 18.2 Å². The van der Waals surface area contributed by atoms with Crippen molar-refractivity contribution in [3.63, 3.8) is 0 Å². The topological polar surface area (TPSA) is 125 Å². The molecule has 0 unspecified atom stereocenters. The van der Waals surface area contributed by atoms with Crippen molar-refractivity contribution >= 4 is 40.1 Å². The number of carbonyl (C=O) groups excluding carboxylic acids is 1. The van der Waals surface area contributed by atoms with Crippen LogP contribution in [0, 0.1) is 6.92 Å². The summed E-state index contributed by atoms with van der Waals surface area (Å²) in [6, 6.07) is 10.6. The third-order valence-electron chi connectivity index (χ3n) is 5.73. The molecule has 1 fully saturated rings. The Morgan fingerprint density at radius 1 is 1.12 bits per heavy atom. The van der Waals surface area contributed by atoms with E-state index in [-0.39, 0.29) is 5.91 Å². The number of benzene rings is 2. The molecule has 2 aromatic heterocycles. The Balaban J connectivity index is 1.36. The van der Waals surface area contributed by atoms with Crippen molar-refractivity contribution in [3.8, 4) is 5.75 Å². The van der Waals surface area contributed by atoms with Crippen molar-refractivity contribution in [1.82, 2.24) is 19.9 Å². The Bertz CT molecular complexity index is 1420. The number of nitrogens with zero attached hydrogens (tertiary/aromatic N) is 3. The first-order chi connectivity index (χ1) is 16.5. The van der Waals surface area contributed by atoms with E-state index in [0.717, 1.165) is 37.2 Å². The molecule has 34 heavy (non-hydrogen) atoms. The molecule has 10 nitrogen and oxygen atoms in total. The Hall–Kier alpha value is -4.34. The summed E-state index contributed by atoms with van der Waals surface area (Å²) in [5.74, 6) is 0.965. The van der Waals surface area contributed by atoms with Crippen LogP contribution in [0.5, 0.6) is 5.75 Å². The van der Waals surface area contributed by atoms with Gasteiger partial charge >= 0.3 is 5.76 Å². The molecule has 174 valence electrons. The fourth-order valence-corrected chi connectivity index (χ4v) is 3.96. The van der Waals surface area contributed by atoms with Crippen molar-refractivity contribution in [1.29, 1.82) is 0 Å². The van der Waals surface area contributed by atoms with Gasteiger partial charge in [0, 0.05) is 42.3 Å². The summed E-state index contributed by atoms with van der Waals surface area (Å²) < 4.78 is 10.5. The van der Waals surface area contributed by atoms with E-state index in [4.69, 9.17) is 9.15 Å². The number of rotatable bonds is 6. The molecule has 3 N–H and O–H groups in total. The highest BCUT2D eigenvalue weighted by Gasteiger charge is 2.22. The van der Waals surface area contributed by atoms with Crippen molar-refractivity contribution in [2.75, 3.05) is 30.8 Å². The molecule has 1 saturated heterocycles. The van der Waals surface area contributed by atoms with E-state index in [1.807, 2.05) is 17.9 Å². The number of aromatic amines is 1. The normalized spacial score (nSPS) is 13.3. The maximum Gasteiger partial charge on any atom is 0.417 e. The first-order valence-electron chi connectivity index (χ1n) is 11.0. The third kappa shape index (κ3) is 4.29. The molecule has 1 aliphatic heterocycles. The van der Waals surface area contributed by atoms with E-state index in [0.29, 0.717) is 39.9 Å². The molecule has 0 atom stereocenters. The molecule has 1 aliphatic rings. The molecule has 0 bridgehead atoms. The summed E-state index contributed by atoms with van der Waals surface area (Å²) in [6.07, 6.45) is 3.77. The highest BCUT2D eigenvalue weighted by Crippen LogP contribution is 2.28. The fraction of sp³-hybridized carbons (Fsp3) is 0.250. The zero-order valence-corrected chi connectivity index (χ0v) is 18.8. The van der Waals surface area contributed by atoms with Crippen molar-refractivity contribution in [2.24, 2.45) is 0 Å². The van der Waals surface area contributed by atoms with E-state index < -0.39 is 5.76 Å². The quantitative estimate of drug-likeness (QED) is 0.395. The summed E-state index contributed by atoms with van der Waals surface area (Å²) in [6.45, 7) is 3.45. The van der Waals surface area contributed by atoms with Crippen LogP contribution in [-0.2, 0) is 0 Å². The molecule has 1 amide bonds. The summed E-state index contributed by atoms with van der Waals surface area (Å²) in [5.41, 5.74) is 3.89. The molecule has 0 radical (unpaired) electrons. The van der Waals surface area contributed by atoms with Crippen molar-refractivity contribution < 1.29 is 13.9 Å². The standard InChI is InChI=1S/C24H24N6O4/c1-14-13-25-23(29-21(14)26-15-6-8-19-18(11-15)28-24(32)34-19)27-16-5-7-17(20(12-16)33-2)22(31)30-9-3-4-10-30/h5-8,11-13H,3-4,9-10H2,1-2H3,(H,28,32)(H2,25,26,27,29). The van der Waals surface area contributed by atoms with Gasteiger partial charge in [-0.25, -0.2) is 9.78 Å². The number of hydrogen-bond acceptors (Lipinski definition) is 8. The largest absolute Gasteiger partial charge is 0.496 e. The van der Waals surface area contributed by atoms with Gasteiger partial charge in [-0.3, -0.25) is 9.78 Å². The Kier molecular flexibility index (Phi) is 5.62. The second-order valence-corrected chi connectivity index (χ2v) is 8.12. The summed E-state index contributed by atoms with van der Waals surface area (Å²) >= 11 is 0. The van der Waals surface area contributed by atoms with Crippen molar-refractivity contribution in [2.45, 2.75) is 19.8 Å². The van der Waals surface area contributed by atoms with Gasteiger partial charge in [0.25, 0.3) is 5.91 Å². The zero-order chi connectivity index (χ0) is 23.7. The number of methoxy groups -OCH3 is 1. The summed E-state index contributed by atoms with van der Waals surface area (Å²) in [5, 5.41) is 6.42. The van der Waals surface area contributed by atoms with Crippen LogP contribution in [0.15, 0.2) is 51.8 Å². The number of ether oxygens (including phenoxy) is 1. The highest BCUT2D eigenvalue weighted by atomic mass is 16.5. The van der Waals surface area contributed by atoms with Gasteiger partial charge in [0.1, 0.15) is 11.6 Å². The lowest BCUT2D eigenvalue weighted by Crippen LogP contribution is -2.27. The van der Waals surface area contributed by atoms with Crippen LogP contribution in [0.2, 0.25) is 0 Å². The predicted molar refractivity (Wildman–Crippen MR) is 128 cm³/mol. The second kappa shape index (κ2) is 8.89. The number of nitrogens with one attached hydrogen (secondary N) is 3. The zero-order valence-electron chi connectivity index (χ0n) is 18.8. The number of amides is 1. The number of fused-ring (bicyclic) bond motifs is 1. The molecular formula is C24H24N6O4. The fourth-order valence-electron chi connectivity index (χ4n) is 3.96. The lowest BCUT2D eigenvalue weighted by Gasteiger charge is -2.18. The first-order valence-corrected chi connectivity index (χ1v) is 11.0.